The van der Waals surface area contributed by atoms with Crippen molar-refractivity contribution >= 4 is 23.3 Å². The normalized spacial score (nSPS) is 15.4. The number of unbranched alkanes of at least 4 members (excludes halogenated alkanes) is 1. The van der Waals surface area contributed by atoms with Crippen molar-refractivity contribution in [3.05, 3.63) is 42.5 Å². The van der Waals surface area contributed by atoms with Crippen molar-refractivity contribution in [1.82, 2.24) is 4.90 Å². The van der Waals surface area contributed by atoms with Crippen molar-refractivity contribution in [2.45, 2.75) is 32.6 Å². The Kier molecular flexibility index (Phi) is 9.88. The van der Waals surface area contributed by atoms with Gasteiger partial charge in [0.1, 0.15) is 17.2 Å². The fourth-order valence-corrected chi connectivity index (χ4v) is 4.46. The third-order valence-corrected chi connectivity index (χ3v) is 6.39. The van der Waals surface area contributed by atoms with Crippen molar-refractivity contribution in [2.75, 3.05) is 69.4 Å². The number of ether oxygens (including phenoxy) is 4. The first kappa shape index (κ1) is 26.6. The molecule has 1 amide bonds. The zero-order valence-corrected chi connectivity index (χ0v) is 21.6. The van der Waals surface area contributed by atoms with Crippen molar-refractivity contribution < 1.29 is 28.5 Å². The number of hydrogen-bond acceptors (Lipinski definition) is 8. The van der Waals surface area contributed by atoms with Crippen LogP contribution in [-0.2, 0) is 14.3 Å². The number of esters is 1. The molecular formula is C28H37N3O6. The van der Waals surface area contributed by atoms with Gasteiger partial charge in [-0.3, -0.25) is 14.5 Å². The summed E-state index contributed by atoms with van der Waals surface area (Å²) in [6.45, 7) is 8.35. The molecule has 2 aliphatic rings. The Morgan fingerprint density at radius 2 is 1.81 bits per heavy atom. The molecule has 1 N–H and O–H groups in total. The first-order chi connectivity index (χ1) is 18.1. The number of fused-ring (bicyclic) bond motifs is 1. The summed E-state index contributed by atoms with van der Waals surface area (Å²) in [4.78, 5) is 27.9. The molecular weight excluding hydrogens is 474 g/mol. The summed E-state index contributed by atoms with van der Waals surface area (Å²) < 4.78 is 22.2. The molecule has 2 heterocycles. The first-order valence-electron chi connectivity index (χ1n) is 13.2. The molecule has 0 bridgehead atoms. The molecule has 0 saturated carbocycles. The Labute approximate surface area is 218 Å². The molecule has 2 aliphatic heterocycles. The number of nitrogens with zero attached hydrogens (tertiary/aromatic N) is 2. The fraction of sp³-hybridized carbons (Fsp3) is 0.500. The highest BCUT2D eigenvalue weighted by Gasteiger charge is 2.20. The predicted molar refractivity (Wildman–Crippen MR) is 142 cm³/mol. The maximum absolute atomic E-state index is 11.5. The minimum atomic E-state index is -0.175. The second-order valence-electron chi connectivity index (χ2n) is 9.10. The van der Waals surface area contributed by atoms with Gasteiger partial charge in [0.25, 0.3) is 5.91 Å². The van der Waals surface area contributed by atoms with Crippen molar-refractivity contribution in [3.8, 4) is 17.2 Å². The Bertz CT molecular complexity index is 1040. The highest BCUT2D eigenvalue weighted by atomic mass is 16.5. The van der Waals surface area contributed by atoms with E-state index in [1.165, 1.54) is 0 Å². The van der Waals surface area contributed by atoms with Crippen molar-refractivity contribution in [1.29, 1.82) is 0 Å². The summed E-state index contributed by atoms with van der Waals surface area (Å²) in [5.41, 5.74) is 1.77. The third kappa shape index (κ3) is 8.01. The van der Waals surface area contributed by atoms with Crippen LogP contribution in [0.3, 0.4) is 0 Å². The molecule has 0 aliphatic carbocycles. The van der Waals surface area contributed by atoms with Crippen molar-refractivity contribution in [2.24, 2.45) is 0 Å². The van der Waals surface area contributed by atoms with Crippen LogP contribution in [0, 0.1) is 0 Å². The van der Waals surface area contributed by atoms with Crippen LogP contribution in [-0.4, -0.2) is 75.9 Å². The highest BCUT2D eigenvalue weighted by Crippen LogP contribution is 2.32. The Morgan fingerprint density at radius 3 is 2.65 bits per heavy atom. The monoisotopic (exact) mass is 511 g/mol. The lowest BCUT2D eigenvalue weighted by Crippen LogP contribution is -2.46. The van der Waals surface area contributed by atoms with E-state index in [9.17, 15) is 9.59 Å². The van der Waals surface area contributed by atoms with Gasteiger partial charge in [-0.15, -0.1) is 0 Å². The zero-order chi connectivity index (χ0) is 25.9. The van der Waals surface area contributed by atoms with E-state index in [0.29, 0.717) is 44.1 Å². The van der Waals surface area contributed by atoms with Crippen LogP contribution in [0.25, 0.3) is 0 Å². The molecule has 0 radical (unpaired) electrons. The lowest BCUT2D eigenvalue weighted by Gasteiger charge is -2.36. The topological polar surface area (TPSA) is 89.6 Å². The molecule has 2 aromatic carbocycles. The average molecular weight is 512 g/mol. The molecule has 200 valence electrons. The van der Waals surface area contributed by atoms with E-state index >= 15 is 0 Å². The summed E-state index contributed by atoms with van der Waals surface area (Å²) in [5, 5.41) is 2.81. The fourth-order valence-electron chi connectivity index (χ4n) is 4.46. The third-order valence-electron chi connectivity index (χ3n) is 6.39. The standard InChI is InChI=1S/C28H37N3O6/c1-2-34-28(33)10-7-19-36-26-9-4-3-8-24(26)31-16-14-30(15-17-31)13-5-6-18-35-22-11-12-25-23(20-22)29-27(32)21-37-25/h3-4,8-9,11-12,20H,2,5-7,10,13-19,21H2,1H3,(H,29,32). The minimum absolute atomic E-state index is 0.0559. The van der Waals surface area contributed by atoms with Crippen molar-refractivity contribution in [3.63, 3.8) is 0 Å². The smallest absolute Gasteiger partial charge is 0.305 e. The second-order valence-corrected chi connectivity index (χ2v) is 9.10. The average Bonchev–Trinajstić information content (AvgIpc) is 2.91. The maximum Gasteiger partial charge on any atom is 0.305 e. The molecule has 0 atom stereocenters. The van der Waals surface area contributed by atoms with Gasteiger partial charge in [-0.1, -0.05) is 12.1 Å². The van der Waals surface area contributed by atoms with Crippen LogP contribution in [0.1, 0.15) is 32.6 Å². The maximum atomic E-state index is 11.5. The minimum Gasteiger partial charge on any atom is -0.494 e. The number of nitrogens with one attached hydrogen (secondary N) is 1. The molecule has 37 heavy (non-hydrogen) atoms. The number of piperazine rings is 1. The largest absolute Gasteiger partial charge is 0.494 e. The summed E-state index contributed by atoms with van der Waals surface area (Å²) in [7, 11) is 0. The summed E-state index contributed by atoms with van der Waals surface area (Å²) >= 11 is 0. The lowest BCUT2D eigenvalue weighted by molar-refractivity contribution is -0.143. The van der Waals surface area contributed by atoms with Crippen LogP contribution in [0.2, 0.25) is 0 Å². The van der Waals surface area contributed by atoms with Gasteiger partial charge < -0.3 is 29.2 Å². The van der Waals surface area contributed by atoms with Gasteiger partial charge in [0.2, 0.25) is 0 Å². The van der Waals surface area contributed by atoms with Gasteiger partial charge in [-0.05, 0) is 57.0 Å². The quantitative estimate of drug-likeness (QED) is 0.322. The number of hydrogen-bond donors (Lipinski definition) is 1. The molecule has 4 rings (SSSR count). The van der Waals surface area contributed by atoms with E-state index in [0.717, 1.165) is 62.8 Å². The van der Waals surface area contributed by atoms with Crippen LogP contribution in [0.15, 0.2) is 42.5 Å². The number of para-hydroxylation sites is 2. The van der Waals surface area contributed by atoms with Crippen LogP contribution < -0.4 is 24.4 Å². The van der Waals surface area contributed by atoms with E-state index in [2.05, 4.69) is 21.2 Å². The van der Waals surface area contributed by atoms with E-state index < -0.39 is 0 Å². The van der Waals surface area contributed by atoms with Crippen LogP contribution in [0.4, 0.5) is 11.4 Å². The number of benzene rings is 2. The predicted octanol–water partition coefficient (Wildman–Crippen LogP) is 3.72. The molecule has 2 aromatic rings. The van der Waals surface area contributed by atoms with Gasteiger partial charge in [0.15, 0.2) is 6.61 Å². The molecule has 0 aromatic heterocycles. The van der Waals surface area contributed by atoms with Gasteiger partial charge in [0, 0.05) is 38.7 Å². The SMILES string of the molecule is CCOC(=O)CCCOc1ccccc1N1CCN(CCCCOc2ccc3c(c2)NC(=O)CO3)CC1. The van der Waals surface area contributed by atoms with Gasteiger partial charge in [-0.2, -0.15) is 0 Å². The Morgan fingerprint density at radius 1 is 1.00 bits per heavy atom. The Hall–Kier alpha value is -3.46. The van der Waals surface area contributed by atoms with Crippen LogP contribution >= 0.6 is 0 Å². The molecule has 0 unspecified atom stereocenters. The van der Waals surface area contributed by atoms with E-state index in [-0.39, 0.29) is 18.5 Å². The lowest BCUT2D eigenvalue weighted by atomic mass is 10.2. The number of carbonyl (C=O) groups is 2. The first-order valence-corrected chi connectivity index (χ1v) is 13.2. The summed E-state index contributed by atoms with van der Waals surface area (Å²) in [5.74, 6) is 1.96. The zero-order valence-electron chi connectivity index (χ0n) is 21.6. The summed E-state index contributed by atoms with van der Waals surface area (Å²) in [6.07, 6.45) is 3.04. The van der Waals surface area contributed by atoms with Gasteiger partial charge in [-0.25, -0.2) is 0 Å². The van der Waals surface area contributed by atoms with Crippen LogP contribution in [0.5, 0.6) is 17.2 Å². The molecule has 1 fully saturated rings. The van der Waals surface area contributed by atoms with E-state index in [1.54, 1.807) is 0 Å². The number of anilines is 2. The number of carbonyl (C=O) groups excluding carboxylic acids is 2. The molecule has 9 heteroatoms. The Balaban J connectivity index is 1.13. The van der Waals surface area contributed by atoms with E-state index in [1.807, 2.05) is 43.3 Å². The molecule has 1 saturated heterocycles. The molecule has 0 spiro atoms. The molecule has 9 nitrogen and oxygen atoms in total. The highest BCUT2D eigenvalue weighted by molar-refractivity contribution is 5.95. The van der Waals surface area contributed by atoms with Gasteiger partial charge >= 0.3 is 5.97 Å². The van der Waals surface area contributed by atoms with Gasteiger partial charge in [0.05, 0.1) is 31.2 Å². The second kappa shape index (κ2) is 13.7. The summed E-state index contributed by atoms with van der Waals surface area (Å²) in [6, 6.07) is 13.6. The number of rotatable bonds is 13. The van der Waals surface area contributed by atoms with E-state index in [4.69, 9.17) is 18.9 Å². The number of amides is 1.